The number of amides is 3. The first-order chi connectivity index (χ1) is 13.4. The number of hydrogen-bond donors (Lipinski definition) is 2. The summed E-state index contributed by atoms with van der Waals surface area (Å²) in [4.78, 5) is 31.7. The van der Waals surface area contributed by atoms with Gasteiger partial charge in [0, 0.05) is 20.1 Å². The maximum Gasteiger partial charge on any atom is 0.418 e. The van der Waals surface area contributed by atoms with Gasteiger partial charge in [-0.25, -0.2) is 15.0 Å². The SMILES string of the molecule is CN(OCC1CCCN1S(N)(=O)=O)C(=O)[C@@H]1CC[C@H]2CN1C(=O)N2OS(=O)(=O)O. The third-order valence-corrected chi connectivity index (χ3v) is 6.69. The summed E-state index contributed by atoms with van der Waals surface area (Å²) in [5, 5.41) is 6.65. The van der Waals surface area contributed by atoms with Crippen LogP contribution in [0.1, 0.15) is 25.7 Å². The van der Waals surface area contributed by atoms with E-state index in [9.17, 15) is 26.4 Å². The molecule has 16 heteroatoms. The molecule has 0 aromatic carbocycles. The molecule has 0 aromatic heterocycles. The number of likely N-dealkylation sites (N-methyl/N-ethyl adjacent to an activating group) is 1. The summed E-state index contributed by atoms with van der Waals surface area (Å²) in [6.07, 6.45) is 1.68. The van der Waals surface area contributed by atoms with E-state index in [-0.39, 0.29) is 32.5 Å². The Morgan fingerprint density at radius 3 is 2.59 bits per heavy atom. The van der Waals surface area contributed by atoms with E-state index in [1.54, 1.807) is 0 Å². The fourth-order valence-electron chi connectivity index (χ4n) is 3.87. The number of piperidine rings is 1. The smallest absolute Gasteiger partial charge is 0.309 e. The van der Waals surface area contributed by atoms with Crippen molar-refractivity contribution in [2.45, 2.75) is 43.8 Å². The molecule has 166 valence electrons. The molecule has 3 amide bonds. The predicted octanol–water partition coefficient (Wildman–Crippen LogP) is -1.95. The second-order valence-electron chi connectivity index (χ2n) is 7.09. The van der Waals surface area contributed by atoms with Crippen molar-refractivity contribution >= 4 is 32.5 Å². The first kappa shape index (κ1) is 22.1. The van der Waals surface area contributed by atoms with Crippen LogP contribution in [0.2, 0.25) is 0 Å². The third kappa shape index (κ3) is 4.79. The zero-order valence-electron chi connectivity index (χ0n) is 15.6. The molecule has 3 atom stereocenters. The first-order valence-electron chi connectivity index (χ1n) is 8.85. The van der Waals surface area contributed by atoms with Gasteiger partial charge in [-0.2, -0.15) is 26.2 Å². The topological polar surface area (TPSA) is 180 Å². The van der Waals surface area contributed by atoms with Gasteiger partial charge in [0.05, 0.1) is 18.7 Å². The maximum atomic E-state index is 12.7. The van der Waals surface area contributed by atoms with Crippen molar-refractivity contribution in [1.29, 1.82) is 0 Å². The van der Waals surface area contributed by atoms with E-state index in [0.29, 0.717) is 17.9 Å². The molecule has 0 aliphatic carbocycles. The molecule has 1 unspecified atom stereocenters. The van der Waals surface area contributed by atoms with Crippen molar-refractivity contribution < 1.29 is 40.1 Å². The van der Waals surface area contributed by atoms with Gasteiger partial charge in [0.2, 0.25) is 0 Å². The summed E-state index contributed by atoms with van der Waals surface area (Å²) < 4.78 is 59.2. The number of urea groups is 1. The summed E-state index contributed by atoms with van der Waals surface area (Å²) in [6.45, 7) is 0.251. The van der Waals surface area contributed by atoms with E-state index in [1.807, 2.05) is 0 Å². The van der Waals surface area contributed by atoms with Crippen LogP contribution >= 0.6 is 0 Å². The predicted molar refractivity (Wildman–Crippen MR) is 94.9 cm³/mol. The van der Waals surface area contributed by atoms with Gasteiger partial charge in [0.25, 0.3) is 16.1 Å². The monoisotopic (exact) mass is 457 g/mol. The standard InChI is InChI=1S/C13H23N5O9S2/c1-15(26-8-10-3-2-6-17(10)28(14,21)22)12(19)11-5-4-9-7-16(11)13(20)18(9)27-29(23,24)25/h9-11H,2-8H2,1H3,(H2,14,21,22)(H,23,24,25)/t9-,10?,11-/m0/s1. The number of rotatable bonds is 7. The second-order valence-corrected chi connectivity index (χ2v) is 9.60. The van der Waals surface area contributed by atoms with E-state index < -0.39 is 50.7 Å². The summed E-state index contributed by atoms with van der Waals surface area (Å²) in [7, 11) is -7.40. The van der Waals surface area contributed by atoms with Gasteiger partial charge in [-0.1, -0.05) is 0 Å². The molecule has 3 rings (SSSR count). The molecule has 3 fully saturated rings. The fourth-order valence-corrected chi connectivity index (χ4v) is 5.22. The van der Waals surface area contributed by atoms with Crippen LogP contribution in [0.25, 0.3) is 0 Å². The average Bonchev–Trinajstić information content (AvgIpc) is 3.18. The number of hydrogen-bond acceptors (Lipinski definition) is 8. The Bertz CT molecular complexity index is 879. The Morgan fingerprint density at radius 1 is 1.28 bits per heavy atom. The highest BCUT2D eigenvalue weighted by Crippen LogP contribution is 2.31. The highest BCUT2D eigenvalue weighted by atomic mass is 32.3. The lowest BCUT2D eigenvalue weighted by atomic mass is 10.0. The lowest BCUT2D eigenvalue weighted by molar-refractivity contribution is -0.186. The molecule has 0 saturated carbocycles. The Morgan fingerprint density at radius 2 is 1.97 bits per heavy atom. The molecule has 3 heterocycles. The zero-order valence-corrected chi connectivity index (χ0v) is 17.2. The van der Waals surface area contributed by atoms with Crippen molar-refractivity contribution in [3.63, 3.8) is 0 Å². The molecular weight excluding hydrogens is 434 g/mol. The Kier molecular flexibility index (Phi) is 6.06. The zero-order chi connectivity index (χ0) is 21.6. The molecular formula is C13H23N5O9S2. The van der Waals surface area contributed by atoms with E-state index >= 15 is 0 Å². The van der Waals surface area contributed by atoms with Gasteiger partial charge >= 0.3 is 16.4 Å². The second kappa shape index (κ2) is 7.93. The maximum absolute atomic E-state index is 12.7. The van der Waals surface area contributed by atoms with E-state index in [0.717, 1.165) is 14.3 Å². The van der Waals surface area contributed by atoms with Gasteiger partial charge in [-0.15, -0.1) is 4.28 Å². The molecule has 0 radical (unpaired) electrons. The van der Waals surface area contributed by atoms with Crippen LogP contribution in [0, 0.1) is 0 Å². The first-order valence-corrected chi connectivity index (χ1v) is 11.7. The van der Waals surface area contributed by atoms with Gasteiger partial charge in [-0.05, 0) is 25.7 Å². The lowest BCUT2D eigenvalue weighted by Crippen LogP contribution is -2.51. The summed E-state index contributed by atoms with van der Waals surface area (Å²) >= 11 is 0. The van der Waals surface area contributed by atoms with Crippen LogP contribution in [0.4, 0.5) is 4.79 Å². The molecule has 14 nitrogen and oxygen atoms in total. The Balaban J connectivity index is 1.60. The molecule has 29 heavy (non-hydrogen) atoms. The number of carbonyl (C=O) groups is 2. The quantitative estimate of drug-likeness (QED) is 0.324. The summed E-state index contributed by atoms with van der Waals surface area (Å²) in [5.74, 6) is -0.550. The fraction of sp³-hybridized carbons (Fsp3) is 0.846. The minimum Gasteiger partial charge on any atom is -0.309 e. The number of hydroxylamine groups is 4. The summed E-state index contributed by atoms with van der Waals surface area (Å²) in [6, 6.07) is -2.87. The Labute approximate surface area is 168 Å². The molecule has 2 bridgehead atoms. The van der Waals surface area contributed by atoms with Gasteiger partial charge in [-0.3, -0.25) is 14.2 Å². The molecule has 0 spiro atoms. The van der Waals surface area contributed by atoms with Crippen LogP contribution in [-0.4, -0.2) is 97.5 Å². The number of nitrogens with zero attached hydrogens (tertiary/aromatic N) is 4. The van der Waals surface area contributed by atoms with Crippen LogP contribution in [0.5, 0.6) is 0 Å². The van der Waals surface area contributed by atoms with Crippen LogP contribution in [-0.2, 0) is 34.5 Å². The van der Waals surface area contributed by atoms with Crippen LogP contribution in [0.15, 0.2) is 0 Å². The third-order valence-electron chi connectivity index (χ3n) is 5.20. The van der Waals surface area contributed by atoms with Crippen LogP contribution in [0.3, 0.4) is 0 Å². The number of nitrogens with two attached hydrogens (primary N) is 1. The Hall–Kier alpha value is -1.56. The van der Waals surface area contributed by atoms with Crippen molar-refractivity contribution in [1.82, 2.24) is 19.3 Å². The minimum atomic E-state index is -4.87. The van der Waals surface area contributed by atoms with Crippen molar-refractivity contribution in [2.24, 2.45) is 5.14 Å². The van der Waals surface area contributed by atoms with Crippen molar-refractivity contribution in [3.05, 3.63) is 0 Å². The minimum absolute atomic E-state index is 0.0560. The van der Waals surface area contributed by atoms with Crippen LogP contribution < -0.4 is 5.14 Å². The highest BCUT2D eigenvalue weighted by molar-refractivity contribution is 7.86. The molecule has 0 aromatic rings. The normalized spacial score (nSPS) is 28.2. The van der Waals surface area contributed by atoms with E-state index in [4.69, 9.17) is 14.5 Å². The highest BCUT2D eigenvalue weighted by Gasteiger charge is 2.50. The number of carbonyl (C=O) groups excluding carboxylic acids is 2. The average molecular weight is 457 g/mol. The summed E-state index contributed by atoms with van der Waals surface area (Å²) in [5.41, 5.74) is 0. The molecule has 3 N–H and O–H groups in total. The lowest BCUT2D eigenvalue weighted by Gasteiger charge is -2.32. The van der Waals surface area contributed by atoms with E-state index in [2.05, 4.69) is 4.28 Å². The van der Waals surface area contributed by atoms with Crippen molar-refractivity contribution in [2.75, 3.05) is 26.7 Å². The molecule has 3 aliphatic rings. The van der Waals surface area contributed by atoms with Gasteiger partial charge in [0.1, 0.15) is 6.04 Å². The molecule has 3 saturated heterocycles. The largest absolute Gasteiger partial charge is 0.418 e. The van der Waals surface area contributed by atoms with Crippen molar-refractivity contribution in [3.8, 4) is 0 Å². The van der Waals surface area contributed by atoms with Gasteiger partial charge < -0.3 is 4.90 Å². The molecule has 3 aliphatic heterocycles. The number of fused-ring (bicyclic) bond motifs is 2. The van der Waals surface area contributed by atoms with E-state index in [1.165, 1.54) is 7.05 Å². The van der Waals surface area contributed by atoms with Gasteiger partial charge in [0.15, 0.2) is 0 Å².